The minimum absolute atomic E-state index is 0.0330. The summed E-state index contributed by atoms with van der Waals surface area (Å²) in [6.45, 7) is 0. The van der Waals surface area contributed by atoms with Gasteiger partial charge in [-0.15, -0.1) is 0 Å². The Morgan fingerprint density at radius 2 is 1.68 bits per heavy atom. The van der Waals surface area contributed by atoms with Crippen LogP contribution in [0.4, 0.5) is 5.69 Å². The molecule has 9 heteroatoms. The second kappa shape index (κ2) is 6.76. The highest BCUT2D eigenvalue weighted by Gasteiger charge is 2.23. The number of nitrogens with zero attached hydrogens (tertiary/aromatic N) is 2. The van der Waals surface area contributed by atoms with Crippen molar-refractivity contribution in [2.75, 3.05) is 5.01 Å². The van der Waals surface area contributed by atoms with Gasteiger partial charge in [0.05, 0.1) is 26.3 Å². The van der Waals surface area contributed by atoms with E-state index in [-0.39, 0.29) is 17.2 Å². The fourth-order valence-corrected chi connectivity index (χ4v) is 3.23. The lowest BCUT2D eigenvalue weighted by atomic mass is 10.0. The SMILES string of the molecule is NS(=O)(=O)c1ccc(N2N=C(c3ccc(Cl)c(Cl)c3)CCC2=O)cc1. The lowest BCUT2D eigenvalue weighted by Crippen LogP contribution is -2.31. The smallest absolute Gasteiger partial charge is 0.247 e. The summed E-state index contributed by atoms with van der Waals surface area (Å²) < 4.78 is 22.7. The van der Waals surface area contributed by atoms with Crippen molar-refractivity contribution in [3.63, 3.8) is 0 Å². The van der Waals surface area contributed by atoms with Crippen molar-refractivity contribution in [2.24, 2.45) is 10.2 Å². The van der Waals surface area contributed by atoms with Crippen LogP contribution >= 0.6 is 23.2 Å². The third-order valence-corrected chi connectivity index (χ3v) is 5.36. The number of sulfonamides is 1. The molecule has 0 saturated heterocycles. The second-order valence-electron chi connectivity index (χ2n) is 5.42. The average Bonchev–Trinajstić information content (AvgIpc) is 2.57. The lowest BCUT2D eigenvalue weighted by molar-refractivity contribution is -0.118. The van der Waals surface area contributed by atoms with Gasteiger partial charge in [-0.05, 0) is 42.0 Å². The van der Waals surface area contributed by atoms with Gasteiger partial charge in [0.2, 0.25) is 15.9 Å². The number of hydrogen-bond acceptors (Lipinski definition) is 4. The van der Waals surface area contributed by atoms with Gasteiger partial charge in [0.25, 0.3) is 0 Å². The standard InChI is InChI=1S/C16H13Cl2N3O3S/c17-13-6-1-10(9-14(13)18)15-7-8-16(22)21(20-15)11-2-4-12(5-3-11)25(19,23)24/h1-6,9H,7-8H2,(H2,19,23,24). The maximum absolute atomic E-state index is 12.2. The van der Waals surface area contributed by atoms with Crippen LogP contribution < -0.4 is 10.1 Å². The quantitative estimate of drug-likeness (QED) is 0.861. The molecule has 0 aromatic heterocycles. The van der Waals surface area contributed by atoms with E-state index in [2.05, 4.69) is 5.10 Å². The van der Waals surface area contributed by atoms with E-state index in [1.807, 2.05) is 0 Å². The Balaban J connectivity index is 1.97. The number of primary sulfonamides is 1. The predicted octanol–water partition coefficient (Wildman–Crippen LogP) is 3.17. The van der Waals surface area contributed by atoms with Gasteiger partial charge in [-0.1, -0.05) is 29.3 Å². The van der Waals surface area contributed by atoms with Crippen molar-refractivity contribution < 1.29 is 13.2 Å². The predicted molar refractivity (Wildman–Crippen MR) is 97.5 cm³/mol. The molecule has 0 radical (unpaired) electrons. The molecule has 130 valence electrons. The molecule has 0 saturated carbocycles. The van der Waals surface area contributed by atoms with Crippen LogP contribution in [0.25, 0.3) is 0 Å². The first-order valence-corrected chi connectivity index (χ1v) is 9.54. The summed E-state index contributed by atoms with van der Waals surface area (Å²) in [5.41, 5.74) is 1.91. The van der Waals surface area contributed by atoms with Gasteiger partial charge in [-0.2, -0.15) is 5.10 Å². The van der Waals surface area contributed by atoms with E-state index in [4.69, 9.17) is 28.3 Å². The van der Waals surface area contributed by atoms with Gasteiger partial charge in [0, 0.05) is 12.8 Å². The molecule has 6 nitrogen and oxygen atoms in total. The molecule has 25 heavy (non-hydrogen) atoms. The van der Waals surface area contributed by atoms with Crippen molar-refractivity contribution in [2.45, 2.75) is 17.7 Å². The van der Waals surface area contributed by atoms with Gasteiger partial charge < -0.3 is 0 Å². The molecular formula is C16H13Cl2N3O3S. The Kier molecular flexibility index (Phi) is 4.83. The van der Waals surface area contributed by atoms with E-state index in [1.54, 1.807) is 18.2 Å². The van der Waals surface area contributed by atoms with Crippen LogP contribution in [0.5, 0.6) is 0 Å². The number of nitrogens with two attached hydrogens (primary N) is 1. The van der Waals surface area contributed by atoms with E-state index in [1.165, 1.54) is 29.3 Å². The summed E-state index contributed by atoms with van der Waals surface area (Å²) in [4.78, 5) is 12.2. The summed E-state index contributed by atoms with van der Waals surface area (Å²) in [7, 11) is -3.79. The first-order valence-electron chi connectivity index (χ1n) is 7.24. The van der Waals surface area contributed by atoms with Crippen LogP contribution in [0, 0.1) is 0 Å². The Hall–Kier alpha value is -1.93. The third-order valence-electron chi connectivity index (χ3n) is 3.70. The van der Waals surface area contributed by atoms with Crippen molar-refractivity contribution in [3.05, 3.63) is 58.1 Å². The van der Waals surface area contributed by atoms with Crippen LogP contribution in [-0.4, -0.2) is 20.0 Å². The first-order chi connectivity index (χ1) is 11.8. The molecule has 1 aliphatic rings. The monoisotopic (exact) mass is 397 g/mol. The highest BCUT2D eigenvalue weighted by atomic mass is 35.5. The normalized spacial score (nSPS) is 15.2. The highest BCUT2D eigenvalue weighted by molar-refractivity contribution is 7.89. The van der Waals surface area contributed by atoms with Crippen LogP contribution in [0.15, 0.2) is 52.5 Å². The Morgan fingerprint density at radius 1 is 1.00 bits per heavy atom. The van der Waals surface area contributed by atoms with Gasteiger partial charge in [-0.3, -0.25) is 4.79 Å². The van der Waals surface area contributed by atoms with Gasteiger partial charge in [0.15, 0.2) is 0 Å². The maximum atomic E-state index is 12.2. The number of amides is 1. The highest BCUT2D eigenvalue weighted by Crippen LogP contribution is 2.27. The molecule has 1 aliphatic heterocycles. The first kappa shape index (κ1) is 17.9. The molecular weight excluding hydrogens is 385 g/mol. The molecule has 2 aromatic rings. The molecule has 0 atom stereocenters. The molecule has 1 amide bonds. The number of rotatable bonds is 3. The molecule has 3 rings (SSSR count). The number of hydrogen-bond donors (Lipinski definition) is 1. The van der Waals surface area contributed by atoms with Gasteiger partial charge >= 0.3 is 0 Å². The number of carbonyl (C=O) groups excluding carboxylic acids is 1. The van der Waals surface area contributed by atoms with Crippen LogP contribution in [-0.2, 0) is 14.8 Å². The summed E-state index contributed by atoms with van der Waals surface area (Å²) >= 11 is 12.0. The van der Waals surface area contributed by atoms with Crippen LogP contribution in [0.2, 0.25) is 10.0 Å². The zero-order valence-electron chi connectivity index (χ0n) is 12.8. The molecule has 0 bridgehead atoms. The van der Waals surface area contributed by atoms with Crippen molar-refractivity contribution >= 4 is 50.5 Å². The number of benzene rings is 2. The maximum Gasteiger partial charge on any atom is 0.247 e. The molecule has 2 aromatic carbocycles. The minimum atomic E-state index is -3.79. The number of hydrazone groups is 1. The van der Waals surface area contributed by atoms with Crippen molar-refractivity contribution in [1.82, 2.24) is 0 Å². The average molecular weight is 398 g/mol. The van der Waals surface area contributed by atoms with Crippen LogP contribution in [0.3, 0.4) is 0 Å². The number of halogens is 2. The van der Waals surface area contributed by atoms with E-state index in [9.17, 15) is 13.2 Å². The molecule has 0 unspecified atom stereocenters. The molecule has 0 fully saturated rings. The molecule has 0 spiro atoms. The fourth-order valence-electron chi connectivity index (χ4n) is 2.41. The van der Waals surface area contributed by atoms with Crippen molar-refractivity contribution in [3.8, 4) is 0 Å². The number of carbonyl (C=O) groups is 1. The van der Waals surface area contributed by atoms with Gasteiger partial charge in [-0.25, -0.2) is 18.6 Å². The largest absolute Gasteiger partial charge is 0.273 e. The summed E-state index contributed by atoms with van der Waals surface area (Å²) in [6, 6.07) is 10.8. The zero-order valence-corrected chi connectivity index (χ0v) is 15.1. The zero-order chi connectivity index (χ0) is 18.2. The van der Waals surface area contributed by atoms with E-state index in [0.717, 1.165) is 5.56 Å². The van der Waals surface area contributed by atoms with E-state index >= 15 is 0 Å². The Morgan fingerprint density at radius 3 is 2.28 bits per heavy atom. The summed E-state index contributed by atoms with van der Waals surface area (Å²) in [6.07, 6.45) is 0.749. The fraction of sp³-hybridized carbons (Fsp3) is 0.125. The van der Waals surface area contributed by atoms with E-state index in [0.29, 0.717) is 27.9 Å². The molecule has 0 aliphatic carbocycles. The number of anilines is 1. The topological polar surface area (TPSA) is 92.8 Å². The molecule has 2 N–H and O–H groups in total. The second-order valence-corrected chi connectivity index (χ2v) is 7.80. The Labute approximate surface area is 154 Å². The summed E-state index contributed by atoms with van der Waals surface area (Å²) in [5.74, 6) is -0.188. The van der Waals surface area contributed by atoms with Crippen LogP contribution in [0.1, 0.15) is 18.4 Å². The minimum Gasteiger partial charge on any atom is -0.273 e. The molecule has 1 heterocycles. The van der Waals surface area contributed by atoms with Gasteiger partial charge in [0.1, 0.15) is 0 Å². The third kappa shape index (κ3) is 3.85. The Bertz CT molecular complexity index is 973. The summed E-state index contributed by atoms with van der Waals surface area (Å²) in [5, 5.41) is 11.5. The van der Waals surface area contributed by atoms with E-state index < -0.39 is 10.0 Å². The van der Waals surface area contributed by atoms with Crippen molar-refractivity contribution in [1.29, 1.82) is 0 Å². The lowest BCUT2D eigenvalue weighted by Gasteiger charge is -2.24.